The third-order valence-corrected chi connectivity index (χ3v) is 6.63. The van der Waals surface area contributed by atoms with Crippen molar-refractivity contribution < 1.29 is 13.7 Å². The molecule has 0 bridgehead atoms. The number of aryl methyl sites for hydroxylation is 4. The molecule has 1 fully saturated rings. The number of amides is 1. The molecule has 6 nitrogen and oxygen atoms in total. The first-order valence-corrected chi connectivity index (χ1v) is 11.1. The predicted octanol–water partition coefficient (Wildman–Crippen LogP) is 5.74. The van der Waals surface area contributed by atoms with Gasteiger partial charge in [0.25, 0.3) is 5.91 Å². The van der Waals surface area contributed by atoms with Crippen LogP contribution in [0.2, 0.25) is 0 Å². The van der Waals surface area contributed by atoms with Crippen LogP contribution in [0.25, 0.3) is 22.4 Å². The zero-order valence-electron chi connectivity index (χ0n) is 18.9. The van der Waals surface area contributed by atoms with Crippen molar-refractivity contribution in [2.45, 2.75) is 46.5 Å². The van der Waals surface area contributed by atoms with Crippen LogP contribution in [0.1, 0.15) is 57.5 Å². The molecule has 1 amide bonds. The van der Waals surface area contributed by atoms with Crippen LogP contribution >= 0.6 is 0 Å². The minimum atomic E-state index is -0.0432. The fourth-order valence-corrected chi connectivity index (χ4v) is 4.37. The molecule has 32 heavy (non-hydrogen) atoms. The van der Waals surface area contributed by atoms with Gasteiger partial charge in [-0.2, -0.15) is 4.98 Å². The summed E-state index contributed by atoms with van der Waals surface area (Å²) in [5.41, 5.74) is 6.19. The van der Waals surface area contributed by atoms with Gasteiger partial charge >= 0.3 is 0 Å². The number of hydrogen-bond acceptors (Lipinski definition) is 5. The van der Waals surface area contributed by atoms with E-state index in [9.17, 15) is 4.79 Å². The molecule has 0 radical (unpaired) electrons. The van der Waals surface area contributed by atoms with Crippen LogP contribution in [0, 0.1) is 27.7 Å². The molecule has 0 N–H and O–H groups in total. The van der Waals surface area contributed by atoms with Crippen LogP contribution in [0.4, 0.5) is 0 Å². The number of aromatic nitrogens is 2. The van der Waals surface area contributed by atoms with E-state index in [-0.39, 0.29) is 11.8 Å². The number of benzene rings is 2. The normalized spacial score (nSPS) is 14.9. The van der Waals surface area contributed by atoms with E-state index in [2.05, 4.69) is 37.0 Å². The zero-order chi connectivity index (χ0) is 22.4. The van der Waals surface area contributed by atoms with Crippen molar-refractivity contribution in [2.75, 3.05) is 13.1 Å². The number of likely N-dealkylation sites (tertiary alicyclic amines) is 1. The maximum atomic E-state index is 13.2. The van der Waals surface area contributed by atoms with Gasteiger partial charge in [-0.3, -0.25) is 4.79 Å². The summed E-state index contributed by atoms with van der Waals surface area (Å²) in [7, 11) is 0. The highest BCUT2D eigenvalue weighted by atomic mass is 16.5. The predicted molar refractivity (Wildman–Crippen MR) is 123 cm³/mol. The third-order valence-electron chi connectivity index (χ3n) is 6.63. The summed E-state index contributed by atoms with van der Waals surface area (Å²) in [6.45, 7) is 9.43. The van der Waals surface area contributed by atoms with Crippen molar-refractivity contribution in [2.24, 2.45) is 0 Å². The number of hydrogen-bond donors (Lipinski definition) is 0. The van der Waals surface area contributed by atoms with Gasteiger partial charge in [0.15, 0.2) is 5.76 Å². The summed E-state index contributed by atoms with van der Waals surface area (Å²) in [6, 6.07) is 12.2. The van der Waals surface area contributed by atoms with Crippen LogP contribution in [0.5, 0.6) is 0 Å². The first-order valence-electron chi connectivity index (χ1n) is 11.1. The highest BCUT2D eigenvalue weighted by molar-refractivity contribution is 5.99. The molecule has 1 aliphatic rings. The van der Waals surface area contributed by atoms with Gasteiger partial charge in [-0.15, -0.1) is 0 Å². The van der Waals surface area contributed by atoms with Gasteiger partial charge in [0.05, 0.1) is 0 Å². The quantitative estimate of drug-likeness (QED) is 0.415. The Balaban J connectivity index is 1.29. The summed E-state index contributed by atoms with van der Waals surface area (Å²) in [6.07, 6.45) is 1.58. The zero-order valence-corrected chi connectivity index (χ0v) is 18.9. The molecule has 6 heteroatoms. The number of fused-ring (bicyclic) bond motifs is 1. The van der Waals surface area contributed by atoms with Crippen LogP contribution < -0.4 is 0 Å². The molecule has 0 aliphatic carbocycles. The average molecular weight is 430 g/mol. The Morgan fingerprint density at radius 3 is 2.41 bits per heavy atom. The molecule has 2 aromatic carbocycles. The van der Waals surface area contributed by atoms with Crippen LogP contribution in [-0.2, 0) is 0 Å². The van der Waals surface area contributed by atoms with Gasteiger partial charge in [0, 0.05) is 35.5 Å². The van der Waals surface area contributed by atoms with E-state index in [0.29, 0.717) is 30.6 Å². The standard InChI is InChI=1S/C26H27N3O3/c1-15-5-7-19(8-6-15)24-27-25(32-28-24)20-9-11-29(12-10-20)26(30)23-18(4)21-13-16(2)17(3)14-22(21)31-23/h5-8,13-14,20H,9-12H2,1-4H3. The van der Waals surface area contributed by atoms with E-state index < -0.39 is 0 Å². The smallest absolute Gasteiger partial charge is 0.289 e. The van der Waals surface area contributed by atoms with E-state index in [1.807, 2.05) is 42.2 Å². The first-order chi connectivity index (χ1) is 15.4. The summed E-state index contributed by atoms with van der Waals surface area (Å²) in [5.74, 6) is 1.83. The van der Waals surface area contributed by atoms with E-state index in [0.717, 1.165) is 40.5 Å². The lowest BCUT2D eigenvalue weighted by molar-refractivity contribution is 0.0674. The van der Waals surface area contributed by atoms with E-state index in [4.69, 9.17) is 8.94 Å². The fourth-order valence-electron chi connectivity index (χ4n) is 4.37. The Bertz CT molecular complexity index is 1290. The number of carbonyl (C=O) groups excluding carboxylic acids is 1. The highest BCUT2D eigenvalue weighted by Crippen LogP contribution is 2.32. The summed E-state index contributed by atoms with van der Waals surface area (Å²) in [5, 5.41) is 5.18. The van der Waals surface area contributed by atoms with E-state index >= 15 is 0 Å². The lowest BCUT2D eigenvalue weighted by Crippen LogP contribution is -2.38. The van der Waals surface area contributed by atoms with Crippen molar-refractivity contribution in [1.29, 1.82) is 0 Å². The Morgan fingerprint density at radius 1 is 1.00 bits per heavy atom. The summed E-state index contributed by atoms with van der Waals surface area (Å²) < 4.78 is 11.6. The molecule has 3 heterocycles. The average Bonchev–Trinajstić information content (AvgIpc) is 3.40. The molecular formula is C26H27N3O3. The molecule has 5 rings (SSSR count). The minimum Gasteiger partial charge on any atom is -0.451 e. The Kier molecular flexibility index (Phi) is 5.08. The SMILES string of the molecule is Cc1ccc(-c2noc(C3CCN(C(=O)c4oc5cc(C)c(C)cc5c4C)CC3)n2)cc1. The van der Waals surface area contributed by atoms with Gasteiger partial charge in [0.2, 0.25) is 11.7 Å². The van der Waals surface area contributed by atoms with Gasteiger partial charge in [0.1, 0.15) is 5.58 Å². The molecule has 0 saturated carbocycles. The third kappa shape index (κ3) is 3.60. The lowest BCUT2D eigenvalue weighted by atomic mass is 9.96. The van der Waals surface area contributed by atoms with Crippen molar-refractivity contribution in [3.8, 4) is 11.4 Å². The Hall–Kier alpha value is -3.41. The fraction of sp³-hybridized carbons (Fsp3) is 0.346. The molecular weight excluding hydrogens is 402 g/mol. The van der Waals surface area contributed by atoms with Gasteiger partial charge in [-0.05, 0) is 63.8 Å². The number of piperidine rings is 1. The van der Waals surface area contributed by atoms with Crippen LogP contribution in [-0.4, -0.2) is 34.0 Å². The second-order valence-electron chi connectivity index (χ2n) is 8.88. The minimum absolute atomic E-state index is 0.0432. The van der Waals surface area contributed by atoms with Crippen molar-refractivity contribution in [3.63, 3.8) is 0 Å². The van der Waals surface area contributed by atoms with Crippen LogP contribution in [0.3, 0.4) is 0 Å². The maximum absolute atomic E-state index is 13.2. The van der Waals surface area contributed by atoms with Crippen LogP contribution in [0.15, 0.2) is 45.3 Å². The summed E-state index contributed by atoms with van der Waals surface area (Å²) in [4.78, 5) is 19.7. The molecule has 4 aromatic rings. The lowest BCUT2D eigenvalue weighted by Gasteiger charge is -2.29. The number of nitrogens with zero attached hydrogens (tertiary/aromatic N) is 3. The maximum Gasteiger partial charge on any atom is 0.289 e. The van der Waals surface area contributed by atoms with E-state index in [1.165, 1.54) is 11.1 Å². The first kappa shape index (κ1) is 20.5. The number of furan rings is 1. The molecule has 2 aromatic heterocycles. The van der Waals surface area contributed by atoms with Crippen molar-refractivity contribution in [1.82, 2.24) is 15.0 Å². The topological polar surface area (TPSA) is 72.4 Å². The number of carbonyl (C=O) groups is 1. The molecule has 1 aliphatic heterocycles. The Morgan fingerprint density at radius 2 is 1.69 bits per heavy atom. The second kappa shape index (κ2) is 7.93. The molecule has 1 saturated heterocycles. The van der Waals surface area contributed by atoms with Gasteiger partial charge < -0.3 is 13.8 Å². The highest BCUT2D eigenvalue weighted by Gasteiger charge is 2.30. The molecule has 164 valence electrons. The largest absolute Gasteiger partial charge is 0.451 e. The number of rotatable bonds is 3. The van der Waals surface area contributed by atoms with Gasteiger partial charge in [-0.1, -0.05) is 35.0 Å². The van der Waals surface area contributed by atoms with Crippen molar-refractivity contribution >= 4 is 16.9 Å². The monoisotopic (exact) mass is 429 g/mol. The second-order valence-corrected chi connectivity index (χ2v) is 8.88. The van der Waals surface area contributed by atoms with Gasteiger partial charge in [-0.25, -0.2) is 0 Å². The molecule has 0 unspecified atom stereocenters. The van der Waals surface area contributed by atoms with Crippen molar-refractivity contribution in [3.05, 3.63) is 70.3 Å². The Labute approximate surface area is 187 Å². The molecule has 0 spiro atoms. The molecule has 0 atom stereocenters. The van der Waals surface area contributed by atoms with E-state index in [1.54, 1.807) is 0 Å². The summed E-state index contributed by atoms with van der Waals surface area (Å²) >= 11 is 0.